The van der Waals surface area contributed by atoms with E-state index in [1.807, 2.05) is 0 Å². The van der Waals surface area contributed by atoms with Crippen LogP contribution in [0.4, 0.5) is 0 Å². The van der Waals surface area contributed by atoms with Crippen molar-refractivity contribution in [3.63, 3.8) is 0 Å². The highest BCUT2D eigenvalue weighted by molar-refractivity contribution is 9.14. The van der Waals surface area contributed by atoms with E-state index in [9.17, 15) is 15.0 Å². The van der Waals surface area contributed by atoms with Gasteiger partial charge in [-0.25, -0.2) is 4.79 Å². The van der Waals surface area contributed by atoms with Gasteiger partial charge in [0.25, 0.3) is 0 Å². The van der Waals surface area contributed by atoms with Crippen LogP contribution in [0, 0.1) is 0 Å². The zero-order valence-corrected chi connectivity index (χ0v) is 17.8. The van der Waals surface area contributed by atoms with Gasteiger partial charge in [0, 0.05) is 0 Å². The first-order valence-corrected chi connectivity index (χ1v) is 10.0. The quantitative estimate of drug-likeness (QED) is 0.175. The highest BCUT2D eigenvalue weighted by Crippen LogP contribution is 2.46. The second-order valence-corrected chi connectivity index (χ2v) is 7.65. The maximum atomic E-state index is 12.1. The van der Waals surface area contributed by atoms with Gasteiger partial charge < -0.3 is 14.9 Å². The number of carbonyl (C=O) groups is 1. The number of benzene rings is 1. The largest absolute Gasteiger partial charge is 0.504 e. The Balaban J connectivity index is 2.50. The van der Waals surface area contributed by atoms with Crippen LogP contribution in [0.1, 0.15) is 62.2 Å². The molecule has 0 aliphatic carbocycles. The summed E-state index contributed by atoms with van der Waals surface area (Å²) < 4.78 is 6.24. The van der Waals surface area contributed by atoms with E-state index < -0.39 is 17.5 Å². The molecule has 1 rings (SSSR count). The van der Waals surface area contributed by atoms with Gasteiger partial charge >= 0.3 is 5.97 Å². The van der Waals surface area contributed by atoms with E-state index in [-0.39, 0.29) is 10.0 Å². The number of carbonyl (C=O) groups excluding carboxylic acids is 1. The number of phenols is 2. The molecule has 2 N–H and O–H groups in total. The molecule has 0 aromatic heterocycles. The SMILES string of the molecule is CCCCCCCCCOC(=O)c1c(O)c(O)c(Br)c(Br)c1Br. The summed E-state index contributed by atoms with van der Waals surface area (Å²) >= 11 is 9.58. The summed E-state index contributed by atoms with van der Waals surface area (Å²) in [7, 11) is 0. The van der Waals surface area contributed by atoms with Crippen LogP contribution in [0.25, 0.3) is 0 Å². The Bertz CT molecular complexity index is 518. The normalized spacial score (nSPS) is 10.8. The van der Waals surface area contributed by atoms with Crippen LogP contribution in [-0.2, 0) is 4.74 Å². The Hall–Kier alpha value is -0.270. The van der Waals surface area contributed by atoms with Crippen molar-refractivity contribution in [3.05, 3.63) is 19.0 Å². The van der Waals surface area contributed by atoms with E-state index in [0.29, 0.717) is 15.6 Å². The topological polar surface area (TPSA) is 66.8 Å². The van der Waals surface area contributed by atoms with E-state index >= 15 is 0 Å². The fraction of sp³-hybridized carbons (Fsp3) is 0.562. The van der Waals surface area contributed by atoms with Crippen molar-refractivity contribution in [2.24, 2.45) is 0 Å². The molecule has 1 aromatic carbocycles. The second kappa shape index (κ2) is 10.6. The van der Waals surface area contributed by atoms with Gasteiger partial charge in [-0.05, 0) is 54.2 Å². The molecule has 0 saturated carbocycles. The maximum absolute atomic E-state index is 12.1. The summed E-state index contributed by atoms with van der Waals surface area (Å²) in [6.45, 7) is 2.48. The summed E-state index contributed by atoms with van der Waals surface area (Å²) in [6, 6.07) is 0. The first-order chi connectivity index (χ1) is 10.9. The molecule has 23 heavy (non-hydrogen) atoms. The summed E-state index contributed by atoms with van der Waals surface area (Å²) in [6.07, 6.45) is 7.90. The van der Waals surface area contributed by atoms with Crippen molar-refractivity contribution < 1.29 is 19.7 Å². The van der Waals surface area contributed by atoms with Gasteiger partial charge in [-0.3, -0.25) is 0 Å². The van der Waals surface area contributed by atoms with Crippen molar-refractivity contribution >= 4 is 53.8 Å². The number of halogens is 3. The number of aromatic hydroxyl groups is 2. The first kappa shape index (κ1) is 20.8. The van der Waals surface area contributed by atoms with Crippen LogP contribution in [0.5, 0.6) is 11.5 Å². The summed E-state index contributed by atoms with van der Waals surface area (Å²) in [5, 5.41) is 19.7. The Morgan fingerprint density at radius 2 is 1.43 bits per heavy atom. The lowest BCUT2D eigenvalue weighted by Crippen LogP contribution is -2.08. The van der Waals surface area contributed by atoms with Gasteiger partial charge in [-0.15, -0.1) is 0 Å². The van der Waals surface area contributed by atoms with Gasteiger partial charge in [-0.2, -0.15) is 0 Å². The van der Waals surface area contributed by atoms with Crippen LogP contribution >= 0.6 is 47.8 Å². The minimum absolute atomic E-state index is 0.0829. The Kier molecular flexibility index (Phi) is 9.54. The van der Waals surface area contributed by atoms with Gasteiger partial charge in [0.15, 0.2) is 11.5 Å². The molecule has 0 bridgehead atoms. The van der Waals surface area contributed by atoms with Gasteiger partial charge in [0.2, 0.25) is 0 Å². The van der Waals surface area contributed by atoms with Crippen molar-refractivity contribution in [3.8, 4) is 11.5 Å². The van der Waals surface area contributed by atoms with Gasteiger partial charge in [0.05, 0.1) is 20.0 Å². The van der Waals surface area contributed by atoms with E-state index in [1.54, 1.807) is 0 Å². The summed E-state index contributed by atoms with van der Waals surface area (Å²) in [5.74, 6) is -1.57. The van der Waals surface area contributed by atoms with Gasteiger partial charge in [-0.1, -0.05) is 45.4 Å². The highest BCUT2D eigenvalue weighted by atomic mass is 79.9. The number of ether oxygens (including phenoxy) is 1. The van der Waals surface area contributed by atoms with E-state index in [2.05, 4.69) is 54.7 Å². The third kappa shape index (κ3) is 5.94. The maximum Gasteiger partial charge on any atom is 0.343 e. The van der Waals surface area contributed by atoms with E-state index in [0.717, 1.165) is 19.3 Å². The highest BCUT2D eigenvalue weighted by Gasteiger charge is 2.25. The van der Waals surface area contributed by atoms with E-state index in [1.165, 1.54) is 25.7 Å². The van der Waals surface area contributed by atoms with Crippen molar-refractivity contribution in [1.82, 2.24) is 0 Å². The van der Waals surface area contributed by atoms with Crippen LogP contribution in [0.15, 0.2) is 13.4 Å². The molecule has 0 saturated heterocycles. The third-order valence-electron chi connectivity index (χ3n) is 3.46. The average Bonchev–Trinajstić information content (AvgIpc) is 2.53. The lowest BCUT2D eigenvalue weighted by molar-refractivity contribution is 0.0492. The third-order valence-corrected chi connectivity index (χ3v) is 6.88. The average molecular weight is 517 g/mol. The molecule has 4 nitrogen and oxygen atoms in total. The van der Waals surface area contributed by atoms with Crippen LogP contribution < -0.4 is 0 Å². The number of esters is 1. The predicted octanol–water partition coefficient (Wildman–Crippen LogP) is 6.29. The number of hydrogen-bond donors (Lipinski definition) is 2. The summed E-state index contributed by atoms with van der Waals surface area (Å²) in [5.41, 5.74) is -0.0829. The van der Waals surface area contributed by atoms with E-state index in [4.69, 9.17) is 4.74 Å². The molecule has 0 heterocycles. The predicted molar refractivity (Wildman–Crippen MR) is 101 cm³/mol. The molecule has 0 aliphatic heterocycles. The molecule has 130 valence electrons. The molecule has 0 aliphatic rings. The molecule has 7 heteroatoms. The second-order valence-electron chi connectivity index (χ2n) is 5.27. The molecule has 0 radical (unpaired) electrons. The fourth-order valence-corrected chi connectivity index (χ4v) is 3.70. The van der Waals surface area contributed by atoms with Crippen molar-refractivity contribution in [2.45, 2.75) is 51.9 Å². The zero-order valence-electron chi connectivity index (χ0n) is 13.0. The number of phenolic OH excluding ortho intramolecular Hbond substituents is 2. The Morgan fingerprint density at radius 3 is 2.04 bits per heavy atom. The molecule has 0 amide bonds. The van der Waals surface area contributed by atoms with Gasteiger partial charge in [0.1, 0.15) is 5.56 Å². The van der Waals surface area contributed by atoms with Crippen LogP contribution in [0.3, 0.4) is 0 Å². The molecule has 0 atom stereocenters. The van der Waals surface area contributed by atoms with Crippen LogP contribution in [0.2, 0.25) is 0 Å². The Morgan fingerprint density at radius 1 is 0.870 bits per heavy atom. The Labute approximate surface area is 162 Å². The number of unbranched alkanes of at least 4 members (excludes halogenated alkanes) is 6. The number of hydrogen-bond acceptors (Lipinski definition) is 4. The van der Waals surface area contributed by atoms with Crippen molar-refractivity contribution in [1.29, 1.82) is 0 Å². The molecule has 1 aromatic rings. The lowest BCUT2D eigenvalue weighted by atomic mass is 10.1. The molecular weight excluding hydrogens is 496 g/mol. The lowest BCUT2D eigenvalue weighted by Gasteiger charge is -2.12. The standard InChI is InChI=1S/C16H21Br3O4/c1-2-3-4-5-6-7-8-9-23-16(22)10-11(17)12(18)13(19)15(21)14(10)20/h20-21H,2-9H2,1H3. The zero-order chi connectivity index (χ0) is 17.4. The number of rotatable bonds is 9. The molecular formula is C16H21Br3O4. The minimum Gasteiger partial charge on any atom is -0.504 e. The van der Waals surface area contributed by atoms with Crippen LogP contribution in [-0.4, -0.2) is 22.8 Å². The smallest absolute Gasteiger partial charge is 0.343 e. The fourth-order valence-electron chi connectivity index (χ4n) is 2.12. The molecule has 0 unspecified atom stereocenters. The molecule has 0 fully saturated rings. The molecule has 0 spiro atoms. The van der Waals surface area contributed by atoms with Crippen molar-refractivity contribution in [2.75, 3.05) is 6.61 Å². The first-order valence-electron chi connectivity index (χ1n) is 7.67. The minimum atomic E-state index is -0.663. The summed E-state index contributed by atoms with van der Waals surface area (Å²) in [4.78, 5) is 12.1. The monoisotopic (exact) mass is 514 g/mol.